The van der Waals surface area contributed by atoms with Gasteiger partial charge in [-0.1, -0.05) is 19.4 Å². The smallest absolute Gasteiger partial charge is 0.335 e. The maximum Gasteiger partial charge on any atom is 0.335 e. The molecule has 1 aromatic rings. The molecule has 0 heterocycles. The van der Waals surface area contributed by atoms with Crippen molar-refractivity contribution < 1.29 is 9.90 Å². The van der Waals surface area contributed by atoms with E-state index >= 15 is 0 Å². The van der Waals surface area contributed by atoms with Crippen molar-refractivity contribution in [1.29, 1.82) is 0 Å². The second-order valence-electron chi connectivity index (χ2n) is 4.54. The molecule has 0 aliphatic heterocycles. The van der Waals surface area contributed by atoms with Crippen LogP contribution < -0.4 is 5.32 Å². The molecule has 0 amide bonds. The van der Waals surface area contributed by atoms with Crippen LogP contribution in [-0.4, -0.2) is 17.1 Å². The van der Waals surface area contributed by atoms with E-state index in [9.17, 15) is 4.79 Å². The first-order valence-corrected chi connectivity index (χ1v) is 5.76. The van der Waals surface area contributed by atoms with E-state index in [1.54, 1.807) is 18.2 Å². The molecule has 0 radical (unpaired) electrons. The average molecular weight is 219 g/mol. The van der Waals surface area contributed by atoms with Crippen LogP contribution in [0.2, 0.25) is 0 Å². The van der Waals surface area contributed by atoms with E-state index in [1.165, 1.54) is 19.3 Å². The van der Waals surface area contributed by atoms with Gasteiger partial charge in [-0.15, -0.1) is 0 Å². The van der Waals surface area contributed by atoms with Crippen molar-refractivity contribution in [1.82, 2.24) is 0 Å². The Balaban J connectivity index is 2.09. The summed E-state index contributed by atoms with van der Waals surface area (Å²) in [6, 6.07) is 7.52. The number of benzene rings is 1. The Morgan fingerprint density at radius 3 is 2.88 bits per heavy atom. The first kappa shape index (κ1) is 11.0. The number of carboxylic acid groups (broad SMARTS) is 1. The van der Waals surface area contributed by atoms with E-state index in [-0.39, 0.29) is 0 Å². The number of hydrogen-bond donors (Lipinski definition) is 2. The summed E-state index contributed by atoms with van der Waals surface area (Å²) in [5, 5.41) is 12.3. The van der Waals surface area contributed by atoms with Gasteiger partial charge in [0.1, 0.15) is 0 Å². The van der Waals surface area contributed by atoms with Crippen LogP contribution in [0.3, 0.4) is 0 Å². The van der Waals surface area contributed by atoms with Crippen LogP contribution in [0, 0.1) is 5.92 Å². The molecule has 2 rings (SSSR count). The lowest BCUT2D eigenvalue weighted by Gasteiger charge is -2.18. The Labute approximate surface area is 95.5 Å². The number of anilines is 1. The van der Waals surface area contributed by atoms with Gasteiger partial charge in [0.25, 0.3) is 0 Å². The quantitative estimate of drug-likeness (QED) is 0.821. The molecule has 1 aliphatic rings. The van der Waals surface area contributed by atoms with Crippen LogP contribution in [0.1, 0.15) is 36.5 Å². The van der Waals surface area contributed by atoms with E-state index in [2.05, 4.69) is 12.2 Å². The Morgan fingerprint density at radius 1 is 1.44 bits per heavy atom. The van der Waals surface area contributed by atoms with E-state index in [1.807, 2.05) is 6.07 Å². The van der Waals surface area contributed by atoms with Gasteiger partial charge in [-0.05, 0) is 37.0 Å². The predicted octanol–water partition coefficient (Wildman–Crippen LogP) is 2.99. The molecule has 0 saturated heterocycles. The van der Waals surface area contributed by atoms with Crippen LogP contribution in [0.15, 0.2) is 24.3 Å². The Kier molecular flexibility index (Phi) is 3.13. The van der Waals surface area contributed by atoms with Gasteiger partial charge in [-0.3, -0.25) is 0 Å². The molecule has 2 atom stereocenters. The molecule has 3 heteroatoms. The van der Waals surface area contributed by atoms with Gasteiger partial charge in [0.15, 0.2) is 0 Å². The van der Waals surface area contributed by atoms with Crippen molar-refractivity contribution in [3.05, 3.63) is 29.8 Å². The summed E-state index contributed by atoms with van der Waals surface area (Å²) < 4.78 is 0. The van der Waals surface area contributed by atoms with Crippen LogP contribution in [0.4, 0.5) is 5.69 Å². The molecule has 1 saturated carbocycles. The number of carboxylic acids is 1. The maximum atomic E-state index is 10.8. The highest BCUT2D eigenvalue weighted by atomic mass is 16.4. The van der Waals surface area contributed by atoms with Crippen LogP contribution >= 0.6 is 0 Å². The third-order valence-corrected chi connectivity index (χ3v) is 3.32. The molecule has 0 spiro atoms. The Morgan fingerprint density at radius 2 is 2.25 bits per heavy atom. The van der Waals surface area contributed by atoms with E-state index in [0.29, 0.717) is 17.5 Å². The second-order valence-corrected chi connectivity index (χ2v) is 4.54. The van der Waals surface area contributed by atoms with Crippen molar-refractivity contribution in [2.75, 3.05) is 5.32 Å². The summed E-state index contributed by atoms with van der Waals surface area (Å²) in [6.45, 7) is 2.24. The third kappa shape index (κ3) is 2.35. The molecule has 16 heavy (non-hydrogen) atoms. The van der Waals surface area contributed by atoms with Crippen LogP contribution in [0.5, 0.6) is 0 Å². The standard InChI is InChI=1S/C13H17NO2/c1-9-4-2-7-12(9)14-11-6-3-5-10(8-11)13(15)16/h3,5-6,8-9,12,14H,2,4,7H2,1H3,(H,15,16). The summed E-state index contributed by atoms with van der Waals surface area (Å²) in [6.07, 6.45) is 3.70. The molecule has 2 N–H and O–H groups in total. The highest BCUT2D eigenvalue weighted by Gasteiger charge is 2.22. The van der Waals surface area contributed by atoms with Crippen molar-refractivity contribution in [3.63, 3.8) is 0 Å². The highest BCUT2D eigenvalue weighted by Crippen LogP contribution is 2.28. The van der Waals surface area contributed by atoms with Gasteiger partial charge in [-0.25, -0.2) is 4.79 Å². The molecule has 1 fully saturated rings. The first-order valence-electron chi connectivity index (χ1n) is 5.76. The van der Waals surface area contributed by atoms with Gasteiger partial charge in [0, 0.05) is 11.7 Å². The van der Waals surface area contributed by atoms with Gasteiger partial charge < -0.3 is 10.4 Å². The number of aromatic carboxylic acids is 1. The molecular formula is C13H17NO2. The summed E-state index contributed by atoms with van der Waals surface area (Å²) in [5.41, 5.74) is 1.26. The highest BCUT2D eigenvalue weighted by molar-refractivity contribution is 5.88. The van der Waals surface area contributed by atoms with Gasteiger partial charge in [0.2, 0.25) is 0 Å². The monoisotopic (exact) mass is 219 g/mol. The summed E-state index contributed by atoms with van der Waals surface area (Å²) >= 11 is 0. The van der Waals surface area contributed by atoms with E-state index in [4.69, 9.17) is 5.11 Å². The summed E-state index contributed by atoms with van der Waals surface area (Å²) in [4.78, 5) is 10.8. The van der Waals surface area contributed by atoms with Gasteiger partial charge in [0.05, 0.1) is 5.56 Å². The van der Waals surface area contributed by atoms with Crippen LogP contribution in [0.25, 0.3) is 0 Å². The zero-order valence-electron chi connectivity index (χ0n) is 9.44. The zero-order chi connectivity index (χ0) is 11.5. The van der Waals surface area contributed by atoms with Crippen molar-refractivity contribution in [2.45, 2.75) is 32.2 Å². The fraction of sp³-hybridized carbons (Fsp3) is 0.462. The predicted molar refractivity (Wildman–Crippen MR) is 63.8 cm³/mol. The topological polar surface area (TPSA) is 49.3 Å². The molecule has 2 unspecified atom stereocenters. The minimum atomic E-state index is -0.872. The average Bonchev–Trinajstić information content (AvgIpc) is 2.65. The Bertz CT molecular complexity index is 389. The van der Waals surface area contributed by atoms with Gasteiger partial charge >= 0.3 is 5.97 Å². The van der Waals surface area contributed by atoms with E-state index < -0.39 is 5.97 Å². The second kappa shape index (κ2) is 4.56. The minimum absolute atomic E-state index is 0.343. The molecule has 0 bridgehead atoms. The van der Waals surface area contributed by atoms with E-state index in [0.717, 1.165) is 5.69 Å². The van der Waals surface area contributed by atoms with Crippen molar-refractivity contribution >= 4 is 11.7 Å². The lowest BCUT2D eigenvalue weighted by atomic mass is 10.1. The minimum Gasteiger partial charge on any atom is -0.478 e. The SMILES string of the molecule is CC1CCCC1Nc1cccc(C(=O)O)c1. The molecule has 0 aromatic heterocycles. The lowest BCUT2D eigenvalue weighted by molar-refractivity contribution is 0.0697. The molecule has 86 valence electrons. The molecule has 1 aliphatic carbocycles. The number of hydrogen-bond acceptors (Lipinski definition) is 2. The summed E-state index contributed by atoms with van der Waals surface area (Å²) in [7, 11) is 0. The fourth-order valence-electron chi connectivity index (χ4n) is 2.32. The zero-order valence-corrected chi connectivity index (χ0v) is 9.44. The number of carbonyl (C=O) groups is 1. The summed E-state index contributed by atoms with van der Waals surface area (Å²) in [5.74, 6) is -0.198. The number of nitrogens with one attached hydrogen (secondary N) is 1. The van der Waals surface area contributed by atoms with Gasteiger partial charge in [-0.2, -0.15) is 0 Å². The number of rotatable bonds is 3. The first-order chi connectivity index (χ1) is 7.66. The lowest BCUT2D eigenvalue weighted by Crippen LogP contribution is -2.21. The molecular weight excluding hydrogens is 202 g/mol. The Hall–Kier alpha value is -1.51. The van der Waals surface area contributed by atoms with Crippen LogP contribution in [-0.2, 0) is 0 Å². The molecule has 3 nitrogen and oxygen atoms in total. The molecule has 1 aromatic carbocycles. The fourth-order valence-corrected chi connectivity index (χ4v) is 2.32. The third-order valence-electron chi connectivity index (χ3n) is 3.32. The van der Waals surface area contributed by atoms with Crippen molar-refractivity contribution in [2.24, 2.45) is 5.92 Å². The largest absolute Gasteiger partial charge is 0.478 e. The van der Waals surface area contributed by atoms with Crippen molar-refractivity contribution in [3.8, 4) is 0 Å². The normalized spacial score (nSPS) is 24.3. The maximum absolute atomic E-state index is 10.8.